The third-order valence-corrected chi connectivity index (χ3v) is 6.57. The summed E-state index contributed by atoms with van der Waals surface area (Å²) in [6.45, 7) is 5.82. The van der Waals surface area contributed by atoms with Crippen LogP contribution in [0.15, 0.2) is 42.5 Å². The van der Waals surface area contributed by atoms with Crippen molar-refractivity contribution < 1.29 is 5.11 Å². The summed E-state index contributed by atoms with van der Waals surface area (Å²) < 4.78 is 1.29. The highest BCUT2D eigenvalue weighted by Crippen LogP contribution is 2.64. The smallest absolute Gasteiger partial charge is 0.0729 e. The van der Waals surface area contributed by atoms with Gasteiger partial charge in [0.2, 0.25) is 0 Å². The van der Waals surface area contributed by atoms with Gasteiger partial charge in [0.05, 0.1) is 11.1 Å². The molecule has 2 aliphatic heterocycles. The summed E-state index contributed by atoms with van der Waals surface area (Å²) >= 11 is 2.41. The highest BCUT2D eigenvalue weighted by Gasteiger charge is 2.63. The number of benzene rings is 2. The summed E-state index contributed by atoms with van der Waals surface area (Å²) in [5.41, 5.74) is 5.67. The monoisotopic (exact) mass is 419 g/mol. The number of nitrogens with zero attached hydrogens (tertiary/aromatic N) is 1. The van der Waals surface area contributed by atoms with Crippen molar-refractivity contribution in [2.24, 2.45) is 0 Å². The van der Waals surface area contributed by atoms with Crippen LogP contribution in [0.5, 0.6) is 0 Å². The zero-order chi connectivity index (χ0) is 16.2. The molecule has 0 saturated heterocycles. The van der Waals surface area contributed by atoms with Crippen LogP contribution < -0.4 is 0 Å². The van der Waals surface area contributed by atoms with Crippen LogP contribution in [0.2, 0.25) is 0 Å². The normalized spacial score (nSPS) is 28.0. The van der Waals surface area contributed by atoms with Crippen molar-refractivity contribution in [2.45, 2.75) is 37.8 Å². The number of aliphatic hydroxyl groups is 1. The van der Waals surface area contributed by atoms with Gasteiger partial charge in [0, 0.05) is 16.7 Å². The predicted octanol–water partition coefficient (Wildman–Crippen LogP) is 4.22. The molecule has 2 heterocycles. The van der Waals surface area contributed by atoms with E-state index in [9.17, 15) is 5.11 Å². The summed E-state index contributed by atoms with van der Waals surface area (Å²) in [5, 5.41) is 9.41. The Kier molecular flexibility index (Phi) is 3.59. The van der Waals surface area contributed by atoms with E-state index in [1.54, 1.807) is 0 Å². The summed E-state index contributed by atoms with van der Waals surface area (Å²) in [4.78, 5) is 2.64. The van der Waals surface area contributed by atoms with Gasteiger partial charge in [0.25, 0.3) is 0 Å². The Morgan fingerprint density at radius 2 is 1.74 bits per heavy atom. The van der Waals surface area contributed by atoms with Crippen LogP contribution in [-0.2, 0) is 11.1 Å². The second kappa shape index (κ2) is 5.30. The van der Waals surface area contributed by atoms with E-state index in [0.717, 1.165) is 19.4 Å². The van der Waals surface area contributed by atoms with Crippen LogP contribution in [0.4, 0.5) is 0 Å². The minimum atomic E-state index is -0.0850. The molecule has 0 radical (unpaired) electrons. The first-order valence-corrected chi connectivity index (χ1v) is 9.47. The van der Waals surface area contributed by atoms with E-state index >= 15 is 0 Å². The van der Waals surface area contributed by atoms with Crippen LogP contribution in [0, 0.1) is 3.57 Å². The molecule has 3 heteroatoms. The van der Waals surface area contributed by atoms with Crippen LogP contribution >= 0.6 is 22.6 Å². The molecular weight excluding hydrogens is 397 g/mol. The standard InChI is InChI=1S/C20H22INO/c1-3-20-16-8-5-4-7-15(16)19(2,22(20)11-6-12-23)18-13-14(21)9-10-17(18)20/h4-5,7-10,13,23H,3,6,11-12H2,1-2H3. The van der Waals surface area contributed by atoms with Gasteiger partial charge in [-0.1, -0.05) is 37.3 Å². The first kappa shape index (κ1) is 15.6. The van der Waals surface area contributed by atoms with Gasteiger partial charge >= 0.3 is 0 Å². The number of fused-ring (bicyclic) bond motifs is 8. The van der Waals surface area contributed by atoms with Crippen molar-refractivity contribution >= 4 is 22.6 Å². The Morgan fingerprint density at radius 1 is 1.04 bits per heavy atom. The minimum Gasteiger partial charge on any atom is -0.396 e. The molecule has 2 atom stereocenters. The Morgan fingerprint density at radius 3 is 2.43 bits per heavy atom. The van der Waals surface area contributed by atoms with Crippen molar-refractivity contribution in [2.75, 3.05) is 13.2 Å². The maximum atomic E-state index is 9.41. The van der Waals surface area contributed by atoms with Crippen LogP contribution in [-0.4, -0.2) is 23.2 Å². The lowest BCUT2D eigenvalue weighted by Gasteiger charge is -2.38. The lowest BCUT2D eigenvalue weighted by Crippen LogP contribution is -2.44. The average molecular weight is 419 g/mol. The zero-order valence-corrected chi connectivity index (χ0v) is 15.8. The number of halogens is 1. The van der Waals surface area contributed by atoms with Crippen molar-refractivity contribution in [1.82, 2.24) is 4.90 Å². The van der Waals surface area contributed by atoms with Crippen molar-refractivity contribution in [3.63, 3.8) is 0 Å². The van der Waals surface area contributed by atoms with Crippen LogP contribution in [0.3, 0.4) is 0 Å². The summed E-state index contributed by atoms with van der Waals surface area (Å²) in [7, 11) is 0. The third-order valence-electron chi connectivity index (χ3n) is 5.90. The van der Waals surface area contributed by atoms with Gasteiger partial charge in [-0.3, -0.25) is 4.90 Å². The van der Waals surface area contributed by atoms with Crippen molar-refractivity contribution in [3.8, 4) is 0 Å². The van der Waals surface area contributed by atoms with E-state index in [-0.39, 0.29) is 17.7 Å². The van der Waals surface area contributed by atoms with Gasteiger partial charge < -0.3 is 5.11 Å². The summed E-state index contributed by atoms with van der Waals surface area (Å²) in [5.74, 6) is 0. The fraction of sp³-hybridized carbons (Fsp3) is 0.400. The molecule has 0 saturated carbocycles. The van der Waals surface area contributed by atoms with Crippen LogP contribution in [0.25, 0.3) is 0 Å². The molecule has 2 aliphatic rings. The molecule has 2 nitrogen and oxygen atoms in total. The first-order valence-electron chi connectivity index (χ1n) is 8.39. The highest BCUT2D eigenvalue weighted by molar-refractivity contribution is 14.1. The third kappa shape index (κ3) is 1.76. The zero-order valence-electron chi connectivity index (χ0n) is 13.6. The fourth-order valence-corrected chi connectivity index (χ4v) is 5.51. The van der Waals surface area contributed by atoms with Gasteiger partial charge in [-0.15, -0.1) is 0 Å². The molecule has 0 aromatic heterocycles. The second-order valence-electron chi connectivity index (χ2n) is 6.75. The quantitative estimate of drug-likeness (QED) is 0.751. The minimum absolute atomic E-state index is 0.0415. The van der Waals surface area contributed by atoms with E-state index in [4.69, 9.17) is 0 Å². The fourth-order valence-electron chi connectivity index (χ4n) is 5.02. The topological polar surface area (TPSA) is 23.5 Å². The number of hydrogen-bond donors (Lipinski definition) is 1. The maximum Gasteiger partial charge on any atom is 0.0729 e. The molecule has 23 heavy (non-hydrogen) atoms. The molecule has 120 valence electrons. The molecule has 0 fully saturated rings. The molecular formula is C20H22INO. The molecule has 0 amide bonds. The Labute approximate surface area is 151 Å². The second-order valence-corrected chi connectivity index (χ2v) is 8.00. The van der Waals surface area contributed by atoms with Gasteiger partial charge in [-0.25, -0.2) is 0 Å². The lowest BCUT2D eigenvalue weighted by atomic mass is 9.72. The van der Waals surface area contributed by atoms with Gasteiger partial charge in [-0.2, -0.15) is 0 Å². The molecule has 0 aliphatic carbocycles. The Balaban J connectivity index is 2.04. The van der Waals surface area contributed by atoms with E-state index in [1.165, 1.54) is 25.8 Å². The predicted molar refractivity (Wildman–Crippen MR) is 102 cm³/mol. The molecule has 1 N–H and O–H groups in total. The number of rotatable bonds is 4. The molecule has 2 bridgehead atoms. The molecule has 2 unspecified atom stereocenters. The van der Waals surface area contributed by atoms with E-state index in [1.807, 2.05) is 0 Å². The highest BCUT2D eigenvalue weighted by atomic mass is 127. The largest absolute Gasteiger partial charge is 0.396 e. The van der Waals surface area contributed by atoms with Gasteiger partial charge in [0.15, 0.2) is 0 Å². The van der Waals surface area contributed by atoms with Crippen molar-refractivity contribution in [3.05, 3.63) is 68.3 Å². The summed E-state index contributed by atoms with van der Waals surface area (Å²) in [6, 6.07) is 15.8. The number of aliphatic hydroxyl groups excluding tert-OH is 1. The average Bonchev–Trinajstić information content (AvgIpc) is 2.92. The first-order chi connectivity index (χ1) is 11.1. The molecule has 2 aromatic carbocycles. The van der Waals surface area contributed by atoms with Gasteiger partial charge in [0.1, 0.15) is 0 Å². The Hall–Kier alpha value is -0.910. The Bertz CT molecular complexity index is 774. The van der Waals surface area contributed by atoms with Gasteiger partial charge in [-0.05, 0) is 76.7 Å². The van der Waals surface area contributed by atoms with E-state index in [2.05, 4.69) is 83.8 Å². The molecule has 4 rings (SSSR count). The molecule has 0 spiro atoms. The van der Waals surface area contributed by atoms with Crippen molar-refractivity contribution in [1.29, 1.82) is 0 Å². The lowest BCUT2D eigenvalue weighted by molar-refractivity contribution is 0.0739. The van der Waals surface area contributed by atoms with E-state index < -0.39 is 0 Å². The maximum absolute atomic E-state index is 9.41. The number of hydrogen-bond acceptors (Lipinski definition) is 2. The van der Waals surface area contributed by atoms with Crippen LogP contribution in [0.1, 0.15) is 48.9 Å². The summed E-state index contributed by atoms with van der Waals surface area (Å²) in [6.07, 6.45) is 1.87. The molecule has 2 aromatic rings. The van der Waals surface area contributed by atoms with E-state index in [0.29, 0.717) is 0 Å². The SMILES string of the molecule is CCC12c3ccccc3C(C)(c3cc(I)ccc31)N2CCCO.